The molecule has 0 aliphatic carbocycles. The SMILES string of the molecule is CCOC(=O)C1=C(C)N=c2s/c(=C/c3cc(Cl)cc(Br)c3OCc3ccc(Cl)cc3Cl)c(=O)n2[C@H]1c1ccc(OCC(=O)OC)c(OCC)c1. The van der Waals surface area contributed by atoms with Crippen LogP contribution in [-0.4, -0.2) is 43.4 Å². The highest BCUT2D eigenvalue weighted by Crippen LogP contribution is 2.37. The number of halogens is 4. The minimum absolute atomic E-state index is 0.113. The van der Waals surface area contributed by atoms with E-state index in [2.05, 4.69) is 25.7 Å². The summed E-state index contributed by atoms with van der Waals surface area (Å²) < 4.78 is 30.1. The number of benzene rings is 3. The molecule has 2 heterocycles. The van der Waals surface area contributed by atoms with Crippen LogP contribution in [0, 0.1) is 0 Å². The van der Waals surface area contributed by atoms with Gasteiger partial charge in [-0.15, -0.1) is 0 Å². The Bertz CT molecular complexity index is 2180. The van der Waals surface area contributed by atoms with Crippen molar-refractivity contribution in [2.24, 2.45) is 4.99 Å². The van der Waals surface area contributed by atoms with Gasteiger partial charge in [0.1, 0.15) is 12.4 Å². The molecule has 10 nitrogen and oxygen atoms in total. The van der Waals surface area contributed by atoms with E-state index in [1.165, 1.54) is 11.7 Å². The number of nitrogens with zero attached hydrogens (tertiary/aromatic N) is 2. The molecule has 4 aromatic rings. The number of hydrogen-bond acceptors (Lipinski definition) is 10. The molecule has 0 radical (unpaired) electrons. The van der Waals surface area contributed by atoms with Crippen molar-refractivity contribution >= 4 is 80.1 Å². The standard InChI is InChI=1S/C35H30BrCl3N2O8S/c1-5-46-27-12-19(8-10-26(27)48-17-29(42)45-4)31-30(34(44)47-6-2)18(3)40-35-41(31)33(43)28(50-35)13-21-11-23(38)14-24(36)32(21)49-16-20-7-9-22(37)15-25(20)39/h7-15,31H,5-6,16-17H2,1-4H3/b28-13+/t31-/m0/s1. The van der Waals surface area contributed by atoms with Gasteiger partial charge < -0.3 is 23.7 Å². The van der Waals surface area contributed by atoms with Gasteiger partial charge in [-0.2, -0.15) is 0 Å². The number of hydrogen-bond donors (Lipinski definition) is 0. The van der Waals surface area contributed by atoms with Gasteiger partial charge in [-0.05, 0) is 84.7 Å². The summed E-state index contributed by atoms with van der Waals surface area (Å²) in [7, 11) is 1.26. The quantitative estimate of drug-likeness (QED) is 0.140. The maximum Gasteiger partial charge on any atom is 0.343 e. The van der Waals surface area contributed by atoms with Gasteiger partial charge in [0.25, 0.3) is 5.56 Å². The molecule has 1 aromatic heterocycles. The lowest BCUT2D eigenvalue weighted by atomic mass is 9.95. The van der Waals surface area contributed by atoms with Gasteiger partial charge >= 0.3 is 11.9 Å². The van der Waals surface area contributed by atoms with Crippen molar-refractivity contribution in [2.45, 2.75) is 33.4 Å². The topological polar surface area (TPSA) is 115 Å². The monoisotopic (exact) mass is 822 g/mol. The molecule has 0 amide bonds. The fraction of sp³-hybridized carbons (Fsp3) is 0.257. The highest BCUT2D eigenvalue weighted by atomic mass is 79.9. The fourth-order valence-corrected chi connectivity index (χ4v) is 7.60. The second-order valence-electron chi connectivity index (χ2n) is 10.6. The largest absolute Gasteiger partial charge is 0.490 e. The minimum atomic E-state index is -0.935. The first-order chi connectivity index (χ1) is 23.9. The van der Waals surface area contributed by atoms with Gasteiger partial charge in [-0.3, -0.25) is 9.36 Å². The average Bonchev–Trinajstić information content (AvgIpc) is 3.37. The first kappa shape index (κ1) is 37.4. The van der Waals surface area contributed by atoms with Gasteiger partial charge in [-0.1, -0.05) is 58.3 Å². The number of thiazole rings is 1. The van der Waals surface area contributed by atoms with Crippen LogP contribution in [0.15, 0.2) is 74.1 Å². The molecular formula is C35H30BrCl3N2O8S. The molecule has 0 saturated heterocycles. The van der Waals surface area contributed by atoms with Gasteiger partial charge in [0.15, 0.2) is 22.9 Å². The van der Waals surface area contributed by atoms with Crippen LogP contribution in [0.3, 0.4) is 0 Å². The van der Waals surface area contributed by atoms with E-state index in [0.717, 1.165) is 11.3 Å². The summed E-state index contributed by atoms with van der Waals surface area (Å²) in [5, 5.41) is 1.35. The summed E-state index contributed by atoms with van der Waals surface area (Å²) in [6, 6.07) is 12.5. The lowest BCUT2D eigenvalue weighted by Crippen LogP contribution is -2.40. The Balaban J connectivity index is 1.64. The number of methoxy groups -OCH3 is 1. The molecule has 0 fully saturated rings. The van der Waals surface area contributed by atoms with Crippen molar-refractivity contribution in [3.05, 3.63) is 116 Å². The third-order valence-electron chi connectivity index (χ3n) is 7.38. The molecule has 1 aliphatic heterocycles. The zero-order valence-electron chi connectivity index (χ0n) is 27.2. The summed E-state index contributed by atoms with van der Waals surface area (Å²) in [5.74, 6) is -0.172. The van der Waals surface area contributed by atoms with Crippen molar-refractivity contribution in [3.63, 3.8) is 0 Å². The van der Waals surface area contributed by atoms with Crippen LogP contribution < -0.4 is 29.1 Å². The average molecular weight is 825 g/mol. The Morgan fingerprint density at radius 3 is 2.46 bits per heavy atom. The summed E-state index contributed by atoms with van der Waals surface area (Å²) in [6.45, 7) is 5.36. The molecule has 3 aromatic carbocycles. The number of rotatable bonds is 12. The van der Waals surface area contributed by atoms with Crippen LogP contribution >= 0.6 is 62.1 Å². The van der Waals surface area contributed by atoms with Crippen molar-refractivity contribution < 1.29 is 33.3 Å². The molecule has 262 valence electrons. The van der Waals surface area contributed by atoms with Crippen LogP contribution in [0.25, 0.3) is 6.08 Å². The van der Waals surface area contributed by atoms with Gasteiger partial charge in [0, 0.05) is 26.2 Å². The molecule has 5 rings (SSSR count). The molecular weight excluding hydrogens is 795 g/mol. The third kappa shape index (κ3) is 8.21. The molecule has 0 saturated carbocycles. The van der Waals surface area contributed by atoms with E-state index in [1.807, 2.05) is 0 Å². The smallest absolute Gasteiger partial charge is 0.343 e. The fourth-order valence-electron chi connectivity index (χ4n) is 5.15. The Morgan fingerprint density at radius 2 is 1.76 bits per heavy atom. The van der Waals surface area contributed by atoms with Crippen molar-refractivity contribution in [3.8, 4) is 17.2 Å². The number of carbonyl (C=O) groups is 2. The number of aromatic nitrogens is 1. The van der Waals surface area contributed by atoms with E-state index in [9.17, 15) is 14.4 Å². The van der Waals surface area contributed by atoms with Crippen molar-refractivity contribution in [1.29, 1.82) is 0 Å². The number of ether oxygens (including phenoxy) is 5. The molecule has 0 bridgehead atoms. The lowest BCUT2D eigenvalue weighted by Gasteiger charge is -2.25. The molecule has 0 spiro atoms. The summed E-state index contributed by atoms with van der Waals surface area (Å²) in [4.78, 5) is 44.5. The Hall–Kier alpha value is -3.81. The zero-order chi connectivity index (χ0) is 36.1. The van der Waals surface area contributed by atoms with Crippen LogP contribution in [0.5, 0.6) is 17.2 Å². The molecule has 1 atom stereocenters. The maximum atomic E-state index is 14.3. The predicted octanol–water partition coefficient (Wildman–Crippen LogP) is 7.05. The highest BCUT2D eigenvalue weighted by molar-refractivity contribution is 9.10. The number of carbonyl (C=O) groups excluding carboxylic acids is 2. The summed E-state index contributed by atoms with van der Waals surface area (Å²) in [5.41, 5.74) is 1.91. The summed E-state index contributed by atoms with van der Waals surface area (Å²) in [6.07, 6.45) is 1.66. The van der Waals surface area contributed by atoms with Crippen molar-refractivity contribution in [1.82, 2.24) is 4.57 Å². The Labute approximate surface area is 314 Å². The molecule has 50 heavy (non-hydrogen) atoms. The first-order valence-corrected chi connectivity index (χ1v) is 17.9. The molecule has 0 unspecified atom stereocenters. The predicted molar refractivity (Wildman–Crippen MR) is 195 cm³/mol. The second-order valence-corrected chi connectivity index (χ2v) is 13.8. The van der Waals surface area contributed by atoms with Crippen LogP contribution in [-0.2, 0) is 25.7 Å². The Kier molecular flexibility index (Phi) is 12.3. The van der Waals surface area contributed by atoms with Gasteiger partial charge in [0.2, 0.25) is 0 Å². The van der Waals surface area contributed by atoms with Gasteiger partial charge in [0.05, 0.1) is 46.6 Å². The first-order valence-electron chi connectivity index (χ1n) is 15.2. The molecule has 1 aliphatic rings. The van der Waals surface area contributed by atoms with E-state index >= 15 is 0 Å². The van der Waals surface area contributed by atoms with E-state index in [0.29, 0.717) is 62.8 Å². The molecule has 0 N–H and O–H groups in total. The van der Waals surface area contributed by atoms with E-state index in [1.54, 1.807) is 75.4 Å². The maximum absolute atomic E-state index is 14.3. The van der Waals surface area contributed by atoms with E-state index < -0.39 is 23.5 Å². The van der Waals surface area contributed by atoms with E-state index in [-0.39, 0.29) is 37.8 Å². The van der Waals surface area contributed by atoms with Crippen LogP contribution in [0.2, 0.25) is 15.1 Å². The minimum Gasteiger partial charge on any atom is -0.490 e. The zero-order valence-corrected chi connectivity index (χ0v) is 31.9. The van der Waals surface area contributed by atoms with E-state index in [4.69, 9.17) is 53.8 Å². The number of allylic oxidation sites excluding steroid dienone is 1. The van der Waals surface area contributed by atoms with Crippen LogP contribution in [0.4, 0.5) is 0 Å². The second kappa shape index (κ2) is 16.5. The van der Waals surface area contributed by atoms with Crippen molar-refractivity contribution in [2.75, 3.05) is 26.9 Å². The number of fused-ring (bicyclic) bond motifs is 1. The van der Waals surface area contributed by atoms with Crippen LogP contribution in [0.1, 0.15) is 43.5 Å². The summed E-state index contributed by atoms with van der Waals surface area (Å²) >= 11 is 23.6. The third-order valence-corrected chi connectivity index (χ3v) is 9.76. The lowest BCUT2D eigenvalue weighted by molar-refractivity contribution is -0.143. The normalized spacial score (nSPS) is 14.2. The molecule has 15 heteroatoms. The highest BCUT2D eigenvalue weighted by Gasteiger charge is 2.34. The van der Waals surface area contributed by atoms with Gasteiger partial charge in [-0.25, -0.2) is 14.6 Å². The number of esters is 2. The Morgan fingerprint density at radius 1 is 0.980 bits per heavy atom.